The van der Waals surface area contributed by atoms with Crippen molar-refractivity contribution in [3.05, 3.63) is 42.0 Å². The number of aromatic nitrogens is 2. The van der Waals surface area contributed by atoms with Gasteiger partial charge in [0.2, 0.25) is 0 Å². The lowest BCUT2D eigenvalue weighted by molar-refractivity contribution is -0.134. The van der Waals surface area contributed by atoms with Gasteiger partial charge in [-0.05, 0) is 36.0 Å². The van der Waals surface area contributed by atoms with E-state index < -0.39 is 0 Å². The van der Waals surface area contributed by atoms with Crippen molar-refractivity contribution in [2.45, 2.75) is 84.5 Å². The molecular formula is C27H35N3O2. The Balaban J connectivity index is 1.51. The first-order valence-electron chi connectivity index (χ1n) is 12.2. The molecule has 0 aliphatic heterocycles. The van der Waals surface area contributed by atoms with E-state index in [1.807, 2.05) is 18.5 Å². The zero-order chi connectivity index (χ0) is 22.8. The molecule has 1 fully saturated rings. The van der Waals surface area contributed by atoms with E-state index in [0.717, 1.165) is 41.6 Å². The molecule has 1 aliphatic rings. The van der Waals surface area contributed by atoms with Crippen LogP contribution in [-0.4, -0.2) is 15.9 Å². The van der Waals surface area contributed by atoms with Crippen LogP contribution in [0.4, 0.5) is 0 Å². The summed E-state index contributed by atoms with van der Waals surface area (Å²) in [5.74, 6) is 2.57. The molecule has 0 saturated heterocycles. The second-order valence-electron chi connectivity index (χ2n) is 8.96. The number of carbonyl (C=O) groups is 1. The molecule has 1 aliphatic carbocycles. The van der Waals surface area contributed by atoms with Crippen molar-refractivity contribution >= 4 is 5.97 Å². The number of aryl methyl sites for hydroxylation is 1. The second kappa shape index (κ2) is 12.3. The maximum Gasteiger partial charge on any atom is 0.310 e. The average Bonchev–Trinajstić information content (AvgIpc) is 2.84. The van der Waals surface area contributed by atoms with Crippen LogP contribution in [0.2, 0.25) is 0 Å². The number of ether oxygens (including phenoxy) is 1. The van der Waals surface area contributed by atoms with Crippen molar-refractivity contribution in [3.63, 3.8) is 0 Å². The molecule has 1 saturated carbocycles. The topological polar surface area (TPSA) is 75.9 Å². The monoisotopic (exact) mass is 433 g/mol. The largest absolute Gasteiger partial charge is 0.425 e. The number of nitriles is 1. The minimum absolute atomic E-state index is 0.266. The number of nitrogens with zero attached hydrogens (tertiary/aromatic N) is 3. The number of esters is 1. The highest BCUT2D eigenvalue weighted by molar-refractivity contribution is 5.74. The standard InChI is InChI=1S/C27H35N3O2/c1-3-5-6-7-20-8-10-21(11-9-20)12-15-26-29-18-24(19-30-26)22-13-14-25(23(16-22)17-28)32-27(31)4-2/h13-14,16,18-21H,3-12,15H2,1-2H3. The van der Waals surface area contributed by atoms with Gasteiger partial charge in [-0.3, -0.25) is 4.79 Å². The second-order valence-corrected chi connectivity index (χ2v) is 8.96. The van der Waals surface area contributed by atoms with Crippen molar-refractivity contribution in [1.29, 1.82) is 5.26 Å². The maximum atomic E-state index is 11.5. The van der Waals surface area contributed by atoms with E-state index in [0.29, 0.717) is 11.3 Å². The molecule has 2 aromatic rings. The molecule has 32 heavy (non-hydrogen) atoms. The van der Waals surface area contributed by atoms with Crippen LogP contribution in [0.15, 0.2) is 30.6 Å². The van der Waals surface area contributed by atoms with E-state index in [9.17, 15) is 10.1 Å². The Hall–Kier alpha value is -2.74. The van der Waals surface area contributed by atoms with Crippen LogP contribution in [0, 0.1) is 23.2 Å². The zero-order valence-electron chi connectivity index (χ0n) is 19.5. The van der Waals surface area contributed by atoms with Gasteiger partial charge in [-0.15, -0.1) is 0 Å². The number of hydrogen-bond acceptors (Lipinski definition) is 5. The summed E-state index contributed by atoms with van der Waals surface area (Å²) in [7, 11) is 0. The molecule has 3 rings (SSSR count). The predicted octanol–water partition coefficient (Wildman–Crippen LogP) is 6.65. The Morgan fingerprint density at radius 1 is 1.03 bits per heavy atom. The third-order valence-corrected chi connectivity index (χ3v) is 6.61. The molecule has 0 N–H and O–H groups in total. The highest BCUT2D eigenvalue weighted by Crippen LogP contribution is 2.34. The molecule has 0 radical (unpaired) electrons. The van der Waals surface area contributed by atoms with Crippen LogP contribution in [0.1, 0.15) is 89.4 Å². The normalized spacial score (nSPS) is 18.2. The molecule has 1 heterocycles. The number of hydrogen-bond donors (Lipinski definition) is 0. The third-order valence-electron chi connectivity index (χ3n) is 6.61. The van der Waals surface area contributed by atoms with Gasteiger partial charge >= 0.3 is 5.97 Å². The molecule has 5 heteroatoms. The summed E-state index contributed by atoms with van der Waals surface area (Å²) in [5.41, 5.74) is 2.02. The average molecular weight is 434 g/mol. The Morgan fingerprint density at radius 2 is 1.72 bits per heavy atom. The van der Waals surface area contributed by atoms with Crippen LogP contribution in [0.5, 0.6) is 5.75 Å². The van der Waals surface area contributed by atoms with Gasteiger partial charge < -0.3 is 4.74 Å². The molecule has 170 valence electrons. The molecule has 5 nitrogen and oxygen atoms in total. The van der Waals surface area contributed by atoms with E-state index in [1.165, 1.54) is 51.4 Å². The van der Waals surface area contributed by atoms with Gasteiger partial charge in [-0.25, -0.2) is 9.97 Å². The number of carbonyl (C=O) groups excluding carboxylic acids is 1. The lowest BCUT2D eigenvalue weighted by Gasteiger charge is -2.28. The first-order valence-corrected chi connectivity index (χ1v) is 12.2. The molecular weight excluding hydrogens is 398 g/mol. The van der Waals surface area contributed by atoms with Crippen molar-refractivity contribution in [2.24, 2.45) is 11.8 Å². The summed E-state index contributed by atoms with van der Waals surface area (Å²) in [6, 6.07) is 7.31. The molecule has 1 aromatic carbocycles. The van der Waals surface area contributed by atoms with E-state index in [2.05, 4.69) is 23.0 Å². The Bertz CT molecular complexity index is 909. The summed E-state index contributed by atoms with van der Waals surface area (Å²) in [6.07, 6.45) is 17.0. The van der Waals surface area contributed by atoms with Crippen LogP contribution in [0.25, 0.3) is 11.1 Å². The van der Waals surface area contributed by atoms with Gasteiger partial charge in [0.1, 0.15) is 17.6 Å². The molecule has 0 unspecified atom stereocenters. The number of rotatable bonds is 10. The van der Waals surface area contributed by atoms with E-state index >= 15 is 0 Å². The predicted molar refractivity (Wildman–Crippen MR) is 126 cm³/mol. The van der Waals surface area contributed by atoms with Gasteiger partial charge in [0, 0.05) is 30.8 Å². The molecule has 0 spiro atoms. The minimum atomic E-state index is -0.355. The fraction of sp³-hybridized carbons (Fsp3) is 0.556. The first-order chi connectivity index (χ1) is 15.6. The van der Waals surface area contributed by atoms with Crippen LogP contribution in [0.3, 0.4) is 0 Å². The molecule has 0 amide bonds. The van der Waals surface area contributed by atoms with Crippen molar-refractivity contribution in [2.75, 3.05) is 0 Å². The highest BCUT2D eigenvalue weighted by Gasteiger charge is 2.21. The maximum absolute atomic E-state index is 11.5. The van der Waals surface area contributed by atoms with Gasteiger partial charge in [-0.2, -0.15) is 5.26 Å². The quantitative estimate of drug-likeness (QED) is 0.238. The Labute approximate surface area is 192 Å². The first kappa shape index (κ1) is 23.9. The summed E-state index contributed by atoms with van der Waals surface area (Å²) >= 11 is 0. The van der Waals surface area contributed by atoms with Crippen LogP contribution >= 0.6 is 0 Å². The summed E-state index contributed by atoms with van der Waals surface area (Å²) < 4.78 is 5.22. The number of benzene rings is 1. The Morgan fingerprint density at radius 3 is 2.34 bits per heavy atom. The van der Waals surface area contributed by atoms with Crippen molar-refractivity contribution < 1.29 is 9.53 Å². The third kappa shape index (κ3) is 6.88. The van der Waals surface area contributed by atoms with Gasteiger partial charge in [0.25, 0.3) is 0 Å². The van der Waals surface area contributed by atoms with Gasteiger partial charge in [0.05, 0.1) is 5.56 Å². The summed E-state index contributed by atoms with van der Waals surface area (Å²) in [5, 5.41) is 9.41. The van der Waals surface area contributed by atoms with Crippen molar-refractivity contribution in [1.82, 2.24) is 9.97 Å². The Kier molecular flexibility index (Phi) is 9.22. The van der Waals surface area contributed by atoms with Gasteiger partial charge in [-0.1, -0.05) is 71.3 Å². The summed E-state index contributed by atoms with van der Waals surface area (Å²) in [6.45, 7) is 4.00. The van der Waals surface area contributed by atoms with Crippen LogP contribution in [-0.2, 0) is 11.2 Å². The van der Waals surface area contributed by atoms with E-state index in [1.54, 1.807) is 19.1 Å². The zero-order valence-corrected chi connectivity index (χ0v) is 19.5. The van der Waals surface area contributed by atoms with E-state index in [4.69, 9.17) is 4.74 Å². The van der Waals surface area contributed by atoms with E-state index in [-0.39, 0.29) is 12.4 Å². The van der Waals surface area contributed by atoms with Crippen molar-refractivity contribution in [3.8, 4) is 22.9 Å². The smallest absolute Gasteiger partial charge is 0.310 e. The number of unbranched alkanes of at least 4 members (excludes halogenated alkanes) is 2. The fourth-order valence-electron chi connectivity index (χ4n) is 4.54. The van der Waals surface area contributed by atoms with Gasteiger partial charge in [0.15, 0.2) is 0 Å². The molecule has 0 bridgehead atoms. The SMILES string of the molecule is CCCCCC1CCC(CCc2ncc(-c3ccc(OC(=O)CC)c(C#N)c3)cn2)CC1. The van der Waals surface area contributed by atoms with Crippen LogP contribution < -0.4 is 4.74 Å². The highest BCUT2D eigenvalue weighted by atomic mass is 16.5. The summed E-state index contributed by atoms with van der Waals surface area (Å²) in [4.78, 5) is 20.7. The lowest BCUT2D eigenvalue weighted by atomic mass is 9.78. The molecule has 1 aromatic heterocycles. The minimum Gasteiger partial charge on any atom is -0.425 e. The lowest BCUT2D eigenvalue weighted by Crippen LogP contribution is -2.15. The molecule has 0 atom stereocenters. The fourth-order valence-corrected chi connectivity index (χ4v) is 4.54.